The van der Waals surface area contributed by atoms with Crippen LogP contribution in [-0.4, -0.2) is 22.6 Å². The minimum atomic E-state index is -0.738. The van der Waals surface area contributed by atoms with Gasteiger partial charge in [0.2, 0.25) is 0 Å². The Hall–Kier alpha value is -1.19. The van der Waals surface area contributed by atoms with Crippen LogP contribution in [0.15, 0.2) is 0 Å². The number of carboxylic acids is 1. The van der Waals surface area contributed by atoms with Crippen molar-refractivity contribution in [3.63, 3.8) is 0 Å². The van der Waals surface area contributed by atoms with Gasteiger partial charge in [0.15, 0.2) is 0 Å². The Morgan fingerprint density at radius 1 is 1.03 bits per heavy atom. The van der Waals surface area contributed by atoms with E-state index in [1.165, 1.54) is 19.3 Å². The summed E-state index contributed by atoms with van der Waals surface area (Å²) in [4.78, 5) is 36.5. The molecule has 174 valence electrons. The van der Waals surface area contributed by atoms with Gasteiger partial charge in [-0.2, -0.15) is 0 Å². The number of hydrogen-bond donors (Lipinski definition) is 1. The van der Waals surface area contributed by atoms with Gasteiger partial charge in [0.05, 0.1) is 0 Å². The summed E-state index contributed by atoms with van der Waals surface area (Å²) in [5.41, 5.74) is 0.0533. The predicted octanol–water partition coefficient (Wildman–Crippen LogP) is 6.06. The standard InChI is InChI=1S/C27H42O4/c1-17-16-25(3)19(15-23(17)29)8-9-20-21(25)10-13-26(4)22(20)11-14-27(26,18(2)28)12-6-5-7-24(30)31/h17,19-22H,5-16H2,1-4H3,(H,30,31)/t17?,19-,20-,21+,22+,25+,26+,27-/m1/s1. The summed E-state index contributed by atoms with van der Waals surface area (Å²) in [6.45, 7) is 8.82. The van der Waals surface area contributed by atoms with Crippen LogP contribution in [0.5, 0.6) is 0 Å². The SMILES string of the molecule is CC(=O)[C@@]1(CCCCC(=O)O)CC[C@H]2[C@@H]3CC[C@@H]4CC(=O)C(C)C[C@]4(C)[C@H]3CC[C@@]21C. The Labute approximate surface area is 187 Å². The number of carbonyl (C=O) groups is 3. The number of aliphatic carboxylic acids is 1. The maximum absolute atomic E-state index is 13.1. The number of ketones is 2. The lowest BCUT2D eigenvalue weighted by Crippen LogP contribution is -2.56. The summed E-state index contributed by atoms with van der Waals surface area (Å²) in [6, 6.07) is 0. The highest BCUT2D eigenvalue weighted by molar-refractivity contribution is 5.84. The van der Waals surface area contributed by atoms with Crippen LogP contribution in [0.4, 0.5) is 0 Å². The van der Waals surface area contributed by atoms with Crippen LogP contribution in [0.25, 0.3) is 0 Å². The van der Waals surface area contributed by atoms with E-state index in [4.69, 9.17) is 5.11 Å². The minimum Gasteiger partial charge on any atom is -0.481 e. The molecule has 31 heavy (non-hydrogen) atoms. The first kappa shape index (κ1) is 23.0. The number of carbonyl (C=O) groups excluding carboxylic acids is 2. The first-order valence-corrected chi connectivity index (χ1v) is 12.8. The average Bonchev–Trinajstić information content (AvgIpc) is 3.00. The first-order chi connectivity index (χ1) is 14.5. The van der Waals surface area contributed by atoms with E-state index < -0.39 is 5.97 Å². The fourth-order valence-electron chi connectivity index (χ4n) is 9.41. The fraction of sp³-hybridized carbons (Fsp3) is 0.889. The van der Waals surface area contributed by atoms with Crippen LogP contribution in [0.3, 0.4) is 0 Å². The summed E-state index contributed by atoms with van der Waals surface area (Å²) in [7, 11) is 0. The van der Waals surface area contributed by atoms with Crippen LogP contribution >= 0.6 is 0 Å². The Morgan fingerprint density at radius 3 is 2.42 bits per heavy atom. The molecular formula is C27H42O4. The summed E-state index contributed by atoms with van der Waals surface area (Å²) < 4.78 is 0. The lowest BCUT2D eigenvalue weighted by Gasteiger charge is -2.62. The van der Waals surface area contributed by atoms with Crippen LogP contribution in [0.1, 0.15) is 105 Å². The molecule has 4 saturated carbocycles. The van der Waals surface area contributed by atoms with Crippen molar-refractivity contribution in [1.82, 2.24) is 0 Å². The third kappa shape index (κ3) is 3.42. The summed E-state index contributed by atoms with van der Waals surface area (Å²) >= 11 is 0. The molecule has 0 heterocycles. The zero-order chi connectivity index (χ0) is 22.6. The molecule has 8 atom stereocenters. The van der Waals surface area contributed by atoms with Gasteiger partial charge >= 0.3 is 5.97 Å². The van der Waals surface area contributed by atoms with Crippen molar-refractivity contribution in [3.8, 4) is 0 Å². The molecular weight excluding hydrogens is 388 g/mol. The molecule has 4 aliphatic carbocycles. The van der Waals surface area contributed by atoms with Crippen LogP contribution < -0.4 is 0 Å². The number of carboxylic acid groups (broad SMARTS) is 1. The van der Waals surface area contributed by atoms with Gasteiger partial charge in [0.1, 0.15) is 11.6 Å². The molecule has 0 aliphatic heterocycles. The maximum atomic E-state index is 13.1. The average molecular weight is 431 g/mol. The van der Waals surface area contributed by atoms with Crippen LogP contribution in [-0.2, 0) is 14.4 Å². The minimum absolute atomic E-state index is 0.0442. The van der Waals surface area contributed by atoms with Crippen LogP contribution in [0.2, 0.25) is 0 Å². The number of hydrogen-bond acceptors (Lipinski definition) is 3. The Morgan fingerprint density at radius 2 is 1.74 bits per heavy atom. The van der Waals surface area contributed by atoms with Gasteiger partial charge in [-0.15, -0.1) is 0 Å². The molecule has 0 saturated heterocycles. The van der Waals surface area contributed by atoms with Gasteiger partial charge in [-0.25, -0.2) is 0 Å². The topological polar surface area (TPSA) is 71.4 Å². The molecule has 0 spiro atoms. The molecule has 0 amide bonds. The zero-order valence-electron chi connectivity index (χ0n) is 20.0. The maximum Gasteiger partial charge on any atom is 0.303 e. The van der Waals surface area contributed by atoms with Crippen molar-refractivity contribution in [2.75, 3.05) is 0 Å². The Balaban J connectivity index is 1.57. The van der Waals surface area contributed by atoms with Crippen molar-refractivity contribution in [1.29, 1.82) is 0 Å². The molecule has 0 aromatic carbocycles. The van der Waals surface area contributed by atoms with Crippen LogP contribution in [0, 0.1) is 45.8 Å². The lowest BCUT2D eigenvalue weighted by molar-refractivity contribution is -0.157. The molecule has 0 bridgehead atoms. The molecule has 4 rings (SSSR count). The van der Waals surface area contributed by atoms with Crippen molar-refractivity contribution < 1.29 is 19.5 Å². The highest BCUT2D eigenvalue weighted by Crippen LogP contribution is 2.71. The molecule has 0 aromatic rings. The highest BCUT2D eigenvalue weighted by atomic mass is 16.4. The normalized spacial score (nSPS) is 46.7. The second-order valence-corrected chi connectivity index (χ2v) is 12.2. The van der Waals surface area contributed by atoms with Gasteiger partial charge in [0, 0.05) is 24.2 Å². The predicted molar refractivity (Wildman–Crippen MR) is 120 cm³/mol. The smallest absolute Gasteiger partial charge is 0.303 e. The molecule has 4 heteroatoms. The number of fused-ring (bicyclic) bond motifs is 5. The molecule has 4 nitrogen and oxygen atoms in total. The van der Waals surface area contributed by atoms with Gasteiger partial charge in [-0.05, 0) is 99.2 Å². The summed E-state index contributed by atoms with van der Waals surface area (Å²) in [6.07, 6.45) is 11.2. The van der Waals surface area contributed by atoms with E-state index in [0.29, 0.717) is 41.7 Å². The van der Waals surface area contributed by atoms with Gasteiger partial charge in [-0.3, -0.25) is 14.4 Å². The molecule has 0 aromatic heterocycles. The fourth-order valence-corrected chi connectivity index (χ4v) is 9.41. The van der Waals surface area contributed by atoms with E-state index in [0.717, 1.165) is 44.9 Å². The number of Topliss-reactive ketones (excluding diaryl/α,β-unsaturated/α-hetero) is 2. The Kier molecular flexibility index (Phi) is 5.92. The molecule has 1 unspecified atom stereocenters. The first-order valence-electron chi connectivity index (χ1n) is 12.8. The molecule has 4 aliphatic rings. The molecule has 0 radical (unpaired) electrons. The van der Waals surface area contributed by atoms with Gasteiger partial charge in [-0.1, -0.05) is 27.2 Å². The second-order valence-electron chi connectivity index (χ2n) is 12.2. The van der Waals surface area contributed by atoms with Gasteiger partial charge in [0.25, 0.3) is 0 Å². The Bertz CT molecular complexity index is 758. The largest absolute Gasteiger partial charge is 0.481 e. The monoisotopic (exact) mass is 430 g/mol. The summed E-state index contributed by atoms with van der Waals surface area (Å²) in [5.74, 6) is 2.79. The van der Waals surface area contributed by atoms with Crippen molar-refractivity contribution in [3.05, 3.63) is 0 Å². The number of rotatable bonds is 6. The molecule has 1 N–H and O–H groups in total. The van der Waals surface area contributed by atoms with Crippen molar-refractivity contribution in [2.24, 2.45) is 45.8 Å². The van der Waals surface area contributed by atoms with E-state index in [2.05, 4.69) is 20.8 Å². The third-order valence-electron chi connectivity index (χ3n) is 11.1. The second kappa shape index (κ2) is 7.99. The number of unbranched alkanes of at least 4 members (excludes halogenated alkanes) is 1. The lowest BCUT2D eigenvalue weighted by atomic mass is 9.42. The molecule has 4 fully saturated rings. The van der Waals surface area contributed by atoms with Crippen molar-refractivity contribution >= 4 is 17.5 Å². The van der Waals surface area contributed by atoms with Crippen molar-refractivity contribution in [2.45, 2.75) is 105 Å². The quantitative estimate of drug-likeness (QED) is 0.520. The van der Waals surface area contributed by atoms with E-state index >= 15 is 0 Å². The van der Waals surface area contributed by atoms with E-state index in [1.54, 1.807) is 6.92 Å². The zero-order valence-corrected chi connectivity index (χ0v) is 20.0. The van der Waals surface area contributed by atoms with Gasteiger partial charge < -0.3 is 5.11 Å². The van der Waals surface area contributed by atoms with E-state index in [-0.39, 0.29) is 28.6 Å². The highest BCUT2D eigenvalue weighted by Gasteiger charge is 2.66. The van der Waals surface area contributed by atoms with E-state index in [1.807, 2.05) is 0 Å². The third-order valence-corrected chi connectivity index (χ3v) is 11.1. The summed E-state index contributed by atoms with van der Waals surface area (Å²) in [5, 5.41) is 9.01. The van der Waals surface area contributed by atoms with E-state index in [9.17, 15) is 14.4 Å².